The number of carbonyl (C=O) groups is 1. The Morgan fingerprint density at radius 2 is 2.12 bits per heavy atom. The second-order valence-corrected chi connectivity index (χ2v) is 2.89. The lowest BCUT2D eigenvalue weighted by atomic mass is 10.2. The van der Waals surface area contributed by atoms with Crippen molar-refractivity contribution < 1.29 is 23.4 Å². The van der Waals surface area contributed by atoms with Gasteiger partial charge in [0.1, 0.15) is 0 Å². The van der Waals surface area contributed by atoms with Crippen LogP contribution in [0.15, 0.2) is 18.2 Å². The Kier molecular flexibility index (Phi) is 3.99. The van der Waals surface area contributed by atoms with Crippen molar-refractivity contribution in [3.63, 3.8) is 0 Å². The second kappa shape index (κ2) is 5.25. The lowest BCUT2D eigenvalue weighted by molar-refractivity contribution is -0.137. The summed E-state index contributed by atoms with van der Waals surface area (Å²) in [7, 11) is 0. The molecule has 0 radical (unpaired) electrons. The number of phenolic OH excluding ortho intramolecular Hbond substituents is 1. The van der Waals surface area contributed by atoms with Crippen molar-refractivity contribution in [1.29, 1.82) is 0 Å². The summed E-state index contributed by atoms with van der Waals surface area (Å²) < 4.78 is 30.6. The molecule has 0 atom stereocenters. The highest BCUT2D eigenvalue weighted by Gasteiger charge is 2.10. The van der Waals surface area contributed by atoms with E-state index in [4.69, 9.17) is 5.11 Å². The predicted octanol–water partition coefficient (Wildman–Crippen LogP) is 2.25. The average Bonchev–Trinajstić information content (AvgIpc) is 2.25. The molecule has 0 aliphatic heterocycles. The first-order valence-corrected chi connectivity index (χ1v) is 4.58. The van der Waals surface area contributed by atoms with E-state index in [1.165, 1.54) is 0 Å². The Morgan fingerprint density at radius 1 is 1.44 bits per heavy atom. The number of hydrogen-bond donors (Lipinski definition) is 1. The van der Waals surface area contributed by atoms with Crippen LogP contribution in [0, 0.1) is 11.6 Å². The fraction of sp³-hybridized carbons (Fsp3) is 0.182. The molecule has 1 aromatic rings. The monoisotopic (exact) mass is 228 g/mol. The van der Waals surface area contributed by atoms with E-state index in [1.807, 2.05) is 0 Å². The molecule has 1 aromatic carbocycles. The third-order valence-corrected chi connectivity index (χ3v) is 1.78. The Balaban J connectivity index is 2.90. The van der Waals surface area contributed by atoms with Gasteiger partial charge in [0.2, 0.25) is 5.82 Å². The highest BCUT2D eigenvalue weighted by Crippen LogP contribution is 2.21. The number of benzene rings is 1. The Labute approximate surface area is 91.0 Å². The molecule has 0 aliphatic carbocycles. The molecule has 0 amide bonds. The van der Waals surface area contributed by atoms with Crippen LogP contribution in [0.4, 0.5) is 8.78 Å². The summed E-state index contributed by atoms with van der Waals surface area (Å²) in [4.78, 5) is 10.9. The normalized spacial score (nSPS) is 10.7. The molecule has 86 valence electrons. The van der Waals surface area contributed by atoms with E-state index in [1.54, 1.807) is 6.92 Å². The zero-order valence-electron chi connectivity index (χ0n) is 8.54. The predicted molar refractivity (Wildman–Crippen MR) is 53.7 cm³/mol. The van der Waals surface area contributed by atoms with Gasteiger partial charge in [-0.1, -0.05) is 0 Å². The first kappa shape index (κ1) is 12.2. The highest BCUT2D eigenvalue weighted by atomic mass is 19.2. The quantitative estimate of drug-likeness (QED) is 0.637. The summed E-state index contributed by atoms with van der Waals surface area (Å²) in [6.07, 6.45) is 2.06. The van der Waals surface area contributed by atoms with E-state index in [9.17, 15) is 13.6 Å². The van der Waals surface area contributed by atoms with Crippen LogP contribution < -0.4 is 0 Å². The van der Waals surface area contributed by atoms with E-state index in [0.717, 1.165) is 24.3 Å². The third-order valence-electron chi connectivity index (χ3n) is 1.78. The number of carbonyl (C=O) groups excluding carboxylic acids is 1. The van der Waals surface area contributed by atoms with E-state index in [-0.39, 0.29) is 12.2 Å². The van der Waals surface area contributed by atoms with Crippen LogP contribution in [-0.4, -0.2) is 17.7 Å². The fourth-order valence-corrected chi connectivity index (χ4v) is 1.03. The maximum Gasteiger partial charge on any atom is 0.330 e. The van der Waals surface area contributed by atoms with Gasteiger partial charge in [0, 0.05) is 11.6 Å². The molecular formula is C11H10F2O3. The van der Waals surface area contributed by atoms with Gasteiger partial charge >= 0.3 is 5.97 Å². The van der Waals surface area contributed by atoms with Crippen molar-refractivity contribution in [3.8, 4) is 5.75 Å². The lowest BCUT2D eigenvalue weighted by Gasteiger charge is -2.00. The van der Waals surface area contributed by atoms with E-state index >= 15 is 0 Å². The van der Waals surface area contributed by atoms with Gasteiger partial charge in [-0.25, -0.2) is 9.18 Å². The van der Waals surface area contributed by atoms with Crippen LogP contribution in [0.3, 0.4) is 0 Å². The summed E-state index contributed by atoms with van der Waals surface area (Å²) in [5.74, 6) is -3.97. The standard InChI is InChI=1S/C11H10F2O3/c1-2-16-9(15)6-4-7-3-5-8(14)11(13)10(7)12/h3-6,14H,2H2,1H3. The SMILES string of the molecule is CCOC(=O)C=Cc1ccc(O)c(F)c1F. The fourth-order valence-electron chi connectivity index (χ4n) is 1.03. The summed E-state index contributed by atoms with van der Waals surface area (Å²) >= 11 is 0. The molecular weight excluding hydrogens is 218 g/mol. The maximum atomic E-state index is 13.2. The van der Waals surface area contributed by atoms with Crippen LogP contribution in [0.1, 0.15) is 12.5 Å². The summed E-state index contributed by atoms with van der Waals surface area (Å²) in [5.41, 5.74) is -0.136. The minimum absolute atomic E-state index is 0.136. The molecule has 0 bridgehead atoms. The van der Waals surface area contributed by atoms with Gasteiger partial charge in [0.15, 0.2) is 11.6 Å². The molecule has 16 heavy (non-hydrogen) atoms. The topological polar surface area (TPSA) is 46.5 Å². The number of ether oxygens (including phenoxy) is 1. The number of phenols is 1. The third kappa shape index (κ3) is 2.79. The van der Waals surface area contributed by atoms with E-state index in [2.05, 4.69) is 4.74 Å². The second-order valence-electron chi connectivity index (χ2n) is 2.89. The zero-order valence-corrected chi connectivity index (χ0v) is 8.54. The molecule has 0 spiro atoms. The molecule has 1 rings (SSSR count). The van der Waals surface area contributed by atoms with Gasteiger partial charge in [-0.05, 0) is 25.1 Å². The van der Waals surface area contributed by atoms with Crippen LogP contribution >= 0.6 is 0 Å². The van der Waals surface area contributed by atoms with Crippen molar-refractivity contribution in [2.24, 2.45) is 0 Å². The Bertz CT molecular complexity index is 427. The van der Waals surface area contributed by atoms with Crippen molar-refractivity contribution in [3.05, 3.63) is 35.4 Å². The molecule has 0 fully saturated rings. The average molecular weight is 228 g/mol. The number of halogens is 2. The number of rotatable bonds is 3. The van der Waals surface area contributed by atoms with Crippen molar-refractivity contribution >= 4 is 12.0 Å². The smallest absolute Gasteiger partial charge is 0.330 e. The summed E-state index contributed by atoms with van der Waals surface area (Å²) in [6.45, 7) is 1.84. The minimum atomic E-state index is -1.34. The van der Waals surface area contributed by atoms with Gasteiger partial charge in [-0.2, -0.15) is 4.39 Å². The Hall–Kier alpha value is -1.91. The van der Waals surface area contributed by atoms with Crippen LogP contribution in [0.2, 0.25) is 0 Å². The van der Waals surface area contributed by atoms with Gasteiger partial charge < -0.3 is 9.84 Å². The Morgan fingerprint density at radius 3 is 2.75 bits per heavy atom. The number of aromatic hydroxyl groups is 1. The zero-order chi connectivity index (χ0) is 12.1. The number of esters is 1. The molecule has 0 unspecified atom stereocenters. The van der Waals surface area contributed by atoms with Crippen LogP contribution in [0.5, 0.6) is 5.75 Å². The van der Waals surface area contributed by atoms with E-state index in [0.29, 0.717) is 0 Å². The van der Waals surface area contributed by atoms with Gasteiger partial charge in [0.05, 0.1) is 6.61 Å². The van der Waals surface area contributed by atoms with E-state index < -0.39 is 23.4 Å². The van der Waals surface area contributed by atoms with Crippen molar-refractivity contribution in [2.45, 2.75) is 6.92 Å². The maximum absolute atomic E-state index is 13.2. The lowest BCUT2D eigenvalue weighted by Crippen LogP contribution is -1.99. The molecule has 0 saturated heterocycles. The molecule has 0 saturated carbocycles. The molecule has 0 aromatic heterocycles. The van der Waals surface area contributed by atoms with Gasteiger partial charge in [-0.3, -0.25) is 0 Å². The first-order valence-electron chi connectivity index (χ1n) is 4.58. The van der Waals surface area contributed by atoms with Gasteiger partial charge in [-0.15, -0.1) is 0 Å². The molecule has 1 N–H and O–H groups in total. The van der Waals surface area contributed by atoms with Gasteiger partial charge in [0.25, 0.3) is 0 Å². The molecule has 0 aliphatic rings. The van der Waals surface area contributed by atoms with Crippen molar-refractivity contribution in [1.82, 2.24) is 0 Å². The molecule has 5 heteroatoms. The minimum Gasteiger partial charge on any atom is -0.505 e. The highest BCUT2D eigenvalue weighted by molar-refractivity contribution is 5.87. The largest absolute Gasteiger partial charge is 0.505 e. The summed E-state index contributed by atoms with van der Waals surface area (Å²) in [5, 5.41) is 8.86. The van der Waals surface area contributed by atoms with Crippen LogP contribution in [0.25, 0.3) is 6.08 Å². The van der Waals surface area contributed by atoms with Crippen LogP contribution in [-0.2, 0) is 9.53 Å². The number of hydrogen-bond acceptors (Lipinski definition) is 3. The summed E-state index contributed by atoms with van der Waals surface area (Å²) in [6, 6.07) is 2.16. The van der Waals surface area contributed by atoms with Crippen molar-refractivity contribution in [2.75, 3.05) is 6.61 Å². The molecule has 0 heterocycles. The first-order chi connectivity index (χ1) is 7.56. The molecule has 3 nitrogen and oxygen atoms in total.